The van der Waals surface area contributed by atoms with Crippen molar-refractivity contribution in [3.05, 3.63) is 93.7 Å². The van der Waals surface area contributed by atoms with Crippen LogP contribution in [0.1, 0.15) is 26.4 Å². The summed E-state index contributed by atoms with van der Waals surface area (Å²) in [5, 5.41) is 16.4. The van der Waals surface area contributed by atoms with Gasteiger partial charge in [-0.05, 0) is 34.7 Å². The summed E-state index contributed by atoms with van der Waals surface area (Å²) in [6.07, 6.45) is 0.400. The van der Waals surface area contributed by atoms with Gasteiger partial charge in [0.2, 0.25) is 5.91 Å². The van der Waals surface area contributed by atoms with Crippen LogP contribution >= 0.6 is 11.3 Å². The Balaban J connectivity index is 1.68. The molecule has 0 aliphatic carbocycles. The smallest absolute Gasteiger partial charge is 0.262 e. The molecule has 1 atom stereocenters. The van der Waals surface area contributed by atoms with Gasteiger partial charge < -0.3 is 10.6 Å². The number of carbonyl (C=O) groups excluding carboxylic acids is 2. The fourth-order valence-corrected chi connectivity index (χ4v) is 3.33. The molecular formula is C22H19N3O2S. The molecule has 1 unspecified atom stereocenters. The van der Waals surface area contributed by atoms with Gasteiger partial charge in [-0.1, -0.05) is 48.5 Å². The average molecular weight is 389 g/mol. The average Bonchev–Trinajstić information content (AvgIpc) is 3.28. The number of carbonyl (C=O) groups is 2. The van der Waals surface area contributed by atoms with Crippen LogP contribution in [0.25, 0.3) is 0 Å². The van der Waals surface area contributed by atoms with Crippen molar-refractivity contribution in [3.8, 4) is 6.07 Å². The summed E-state index contributed by atoms with van der Waals surface area (Å²) in [6, 6.07) is 21.5. The van der Waals surface area contributed by atoms with Crippen molar-refractivity contribution in [1.82, 2.24) is 10.6 Å². The molecule has 1 heterocycles. The molecule has 6 heteroatoms. The molecule has 140 valence electrons. The first kappa shape index (κ1) is 19.3. The lowest BCUT2D eigenvalue weighted by Crippen LogP contribution is -2.47. The van der Waals surface area contributed by atoms with Gasteiger partial charge in [-0.15, -0.1) is 11.3 Å². The Bertz CT molecular complexity index is 961. The van der Waals surface area contributed by atoms with Crippen LogP contribution < -0.4 is 10.6 Å². The number of amides is 2. The molecule has 2 aromatic carbocycles. The van der Waals surface area contributed by atoms with E-state index in [0.717, 1.165) is 11.1 Å². The molecule has 28 heavy (non-hydrogen) atoms. The van der Waals surface area contributed by atoms with Gasteiger partial charge in [-0.3, -0.25) is 9.59 Å². The van der Waals surface area contributed by atoms with Crippen LogP contribution in [0.3, 0.4) is 0 Å². The number of nitrogens with zero attached hydrogens (tertiary/aromatic N) is 1. The van der Waals surface area contributed by atoms with E-state index in [2.05, 4.69) is 16.7 Å². The summed E-state index contributed by atoms with van der Waals surface area (Å²) in [7, 11) is 0. The Labute approximate surface area is 167 Å². The molecule has 0 aliphatic rings. The van der Waals surface area contributed by atoms with E-state index < -0.39 is 6.04 Å². The lowest BCUT2D eigenvalue weighted by Gasteiger charge is -2.18. The lowest BCUT2D eigenvalue weighted by atomic mass is 10.0. The van der Waals surface area contributed by atoms with Crippen molar-refractivity contribution in [2.24, 2.45) is 0 Å². The normalized spacial score (nSPS) is 11.2. The van der Waals surface area contributed by atoms with Crippen molar-refractivity contribution < 1.29 is 9.59 Å². The van der Waals surface area contributed by atoms with E-state index in [-0.39, 0.29) is 11.8 Å². The first-order valence-corrected chi connectivity index (χ1v) is 9.68. The highest BCUT2D eigenvalue weighted by Gasteiger charge is 2.22. The molecule has 0 fully saturated rings. The topological polar surface area (TPSA) is 82.0 Å². The molecule has 2 N–H and O–H groups in total. The summed E-state index contributed by atoms with van der Waals surface area (Å²) in [4.78, 5) is 25.8. The maximum Gasteiger partial charge on any atom is 0.262 e. The molecule has 2 amide bonds. The number of thiophene rings is 1. The molecule has 0 saturated carbocycles. The number of hydrogen-bond acceptors (Lipinski definition) is 4. The maximum atomic E-state index is 12.8. The third-order valence-corrected chi connectivity index (χ3v) is 5.07. The van der Waals surface area contributed by atoms with E-state index in [1.54, 1.807) is 36.4 Å². The Kier molecular flexibility index (Phi) is 6.55. The van der Waals surface area contributed by atoms with Crippen LogP contribution in [0.15, 0.2) is 72.1 Å². The Morgan fingerprint density at radius 2 is 1.71 bits per heavy atom. The second-order valence-corrected chi connectivity index (χ2v) is 7.17. The van der Waals surface area contributed by atoms with Crippen molar-refractivity contribution in [1.29, 1.82) is 5.26 Å². The monoisotopic (exact) mass is 389 g/mol. The fourth-order valence-electron chi connectivity index (χ4n) is 2.71. The second-order valence-electron chi connectivity index (χ2n) is 6.22. The van der Waals surface area contributed by atoms with Crippen molar-refractivity contribution in [2.75, 3.05) is 0 Å². The number of benzene rings is 2. The van der Waals surface area contributed by atoms with E-state index in [1.165, 1.54) is 11.3 Å². The molecule has 0 bridgehead atoms. The molecular weight excluding hydrogens is 370 g/mol. The molecule has 0 aliphatic heterocycles. The summed E-state index contributed by atoms with van der Waals surface area (Å²) in [5.74, 6) is -0.512. The third-order valence-electron chi connectivity index (χ3n) is 4.20. The number of nitrogens with one attached hydrogen (secondary N) is 2. The Morgan fingerprint density at radius 1 is 0.964 bits per heavy atom. The van der Waals surface area contributed by atoms with E-state index in [4.69, 9.17) is 5.26 Å². The standard InChI is InChI=1S/C22H19N3O2S/c23-14-17-8-10-18(11-9-17)15-24-21(26)19(13-16-5-2-1-3-6-16)25-22(27)20-7-4-12-28-20/h1-12,19H,13,15H2,(H,24,26)(H,25,27). The molecule has 3 aromatic rings. The Morgan fingerprint density at radius 3 is 2.36 bits per heavy atom. The van der Waals surface area contributed by atoms with Gasteiger partial charge in [0.1, 0.15) is 6.04 Å². The molecule has 3 rings (SSSR count). The number of nitriles is 1. The summed E-state index contributed by atoms with van der Waals surface area (Å²) in [5.41, 5.74) is 2.42. The van der Waals surface area contributed by atoms with Crippen LogP contribution in [0.2, 0.25) is 0 Å². The van der Waals surface area contributed by atoms with Crippen molar-refractivity contribution in [2.45, 2.75) is 19.0 Å². The zero-order chi connectivity index (χ0) is 19.8. The fraction of sp³-hybridized carbons (Fsp3) is 0.136. The highest BCUT2D eigenvalue weighted by atomic mass is 32.1. The molecule has 5 nitrogen and oxygen atoms in total. The van der Waals surface area contributed by atoms with Crippen LogP contribution in [0.4, 0.5) is 0 Å². The van der Waals surface area contributed by atoms with Crippen LogP contribution in [-0.4, -0.2) is 17.9 Å². The van der Waals surface area contributed by atoms with Gasteiger partial charge in [0.05, 0.1) is 16.5 Å². The highest BCUT2D eigenvalue weighted by Crippen LogP contribution is 2.10. The maximum absolute atomic E-state index is 12.8. The molecule has 0 saturated heterocycles. The minimum atomic E-state index is -0.685. The summed E-state index contributed by atoms with van der Waals surface area (Å²) >= 11 is 1.33. The second kappa shape index (κ2) is 9.49. The zero-order valence-corrected chi connectivity index (χ0v) is 15.9. The zero-order valence-electron chi connectivity index (χ0n) is 15.1. The van der Waals surface area contributed by atoms with Gasteiger partial charge >= 0.3 is 0 Å². The van der Waals surface area contributed by atoms with Crippen LogP contribution in [0.5, 0.6) is 0 Å². The van der Waals surface area contributed by atoms with Gasteiger partial charge in [0.15, 0.2) is 0 Å². The van der Waals surface area contributed by atoms with Crippen LogP contribution in [-0.2, 0) is 17.8 Å². The van der Waals surface area contributed by atoms with Gasteiger partial charge in [0.25, 0.3) is 5.91 Å². The number of rotatable bonds is 7. The quantitative estimate of drug-likeness (QED) is 0.651. The predicted octanol–water partition coefficient (Wildman–Crippen LogP) is 3.28. The van der Waals surface area contributed by atoms with Crippen molar-refractivity contribution in [3.63, 3.8) is 0 Å². The summed E-state index contributed by atoms with van der Waals surface area (Å²) < 4.78 is 0. The molecule has 0 spiro atoms. The first-order valence-electron chi connectivity index (χ1n) is 8.81. The highest BCUT2D eigenvalue weighted by molar-refractivity contribution is 7.12. The minimum Gasteiger partial charge on any atom is -0.350 e. The van der Waals surface area contributed by atoms with Crippen molar-refractivity contribution >= 4 is 23.2 Å². The van der Waals surface area contributed by atoms with Crippen LogP contribution in [0, 0.1) is 11.3 Å². The molecule has 1 aromatic heterocycles. The molecule has 0 radical (unpaired) electrons. The van der Waals surface area contributed by atoms with Gasteiger partial charge in [0, 0.05) is 13.0 Å². The SMILES string of the molecule is N#Cc1ccc(CNC(=O)C(Cc2ccccc2)NC(=O)c2cccs2)cc1. The van der Waals surface area contributed by atoms with Gasteiger partial charge in [-0.2, -0.15) is 5.26 Å². The predicted molar refractivity (Wildman–Crippen MR) is 109 cm³/mol. The summed E-state index contributed by atoms with van der Waals surface area (Å²) in [6.45, 7) is 0.324. The first-order chi connectivity index (χ1) is 13.7. The third kappa shape index (κ3) is 5.29. The van der Waals surface area contributed by atoms with E-state index >= 15 is 0 Å². The minimum absolute atomic E-state index is 0.252. The van der Waals surface area contributed by atoms with E-state index in [0.29, 0.717) is 23.4 Å². The lowest BCUT2D eigenvalue weighted by molar-refractivity contribution is -0.123. The van der Waals surface area contributed by atoms with Gasteiger partial charge in [-0.25, -0.2) is 0 Å². The van der Waals surface area contributed by atoms with E-state index in [1.807, 2.05) is 35.7 Å². The van der Waals surface area contributed by atoms with E-state index in [9.17, 15) is 9.59 Å². The Hall–Kier alpha value is -3.43. The largest absolute Gasteiger partial charge is 0.350 e. The number of hydrogen-bond donors (Lipinski definition) is 2.